The molecular weight excluding hydrogens is 398 g/mol. The van der Waals surface area contributed by atoms with Crippen LogP contribution in [0, 0.1) is 13.8 Å². The second-order valence-electron chi connectivity index (χ2n) is 7.46. The van der Waals surface area contributed by atoms with Crippen LogP contribution in [-0.4, -0.2) is 41.2 Å². The Balaban J connectivity index is 2.03. The Labute approximate surface area is 181 Å². The van der Waals surface area contributed by atoms with E-state index in [1.165, 1.54) is 6.92 Å². The third-order valence-electron chi connectivity index (χ3n) is 4.96. The molecule has 0 aliphatic carbocycles. The van der Waals surface area contributed by atoms with Gasteiger partial charge in [-0.15, -0.1) is 0 Å². The molecule has 0 bridgehead atoms. The molecule has 5 N–H and O–H groups in total. The molecule has 0 saturated carbocycles. The molecular formula is C23H29N3O5. The molecule has 0 saturated heterocycles. The fourth-order valence-electron chi connectivity index (χ4n) is 3.16. The Kier molecular flexibility index (Phi) is 8.57. The second kappa shape index (κ2) is 11.1. The van der Waals surface area contributed by atoms with E-state index in [9.17, 15) is 19.5 Å². The fraction of sp³-hybridized carbons (Fsp3) is 0.348. The van der Waals surface area contributed by atoms with E-state index in [2.05, 4.69) is 10.6 Å². The van der Waals surface area contributed by atoms with Crippen molar-refractivity contribution in [2.75, 3.05) is 0 Å². The highest BCUT2D eigenvalue weighted by atomic mass is 16.5. The summed E-state index contributed by atoms with van der Waals surface area (Å²) in [6.07, 6.45) is -1.89. The lowest BCUT2D eigenvalue weighted by atomic mass is 9.96. The van der Waals surface area contributed by atoms with Crippen molar-refractivity contribution in [1.82, 2.24) is 10.6 Å². The van der Waals surface area contributed by atoms with Gasteiger partial charge < -0.3 is 26.2 Å². The minimum absolute atomic E-state index is 0.0112. The second-order valence-corrected chi connectivity index (χ2v) is 7.46. The van der Waals surface area contributed by atoms with Crippen LogP contribution in [0.3, 0.4) is 0 Å². The van der Waals surface area contributed by atoms with E-state index < -0.39 is 36.1 Å². The van der Waals surface area contributed by atoms with Crippen molar-refractivity contribution in [2.45, 2.75) is 52.0 Å². The normalized spacial score (nSPS) is 13.5. The number of nitrogens with two attached hydrogens (primary N) is 1. The van der Waals surface area contributed by atoms with Gasteiger partial charge in [-0.2, -0.15) is 0 Å². The van der Waals surface area contributed by atoms with Crippen molar-refractivity contribution in [2.24, 2.45) is 5.73 Å². The number of nitrogens with one attached hydrogen (secondary N) is 2. The molecule has 166 valence electrons. The summed E-state index contributed by atoms with van der Waals surface area (Å²) in [5.74, 6) is -1.45. The van der Waals surface area contributed by atoms with E-state index >= 15 is 0 Å². The third-order valence-corrected chi connectivity index (χ3v) is 4.96. The molecule has 2 aromatic carbocycles. The Morgan fingerprint density at radius 3 is 2.16 bits per heavy atom. The highest BCUT2D eigenvalue weighted by Gasteiger charge is 2.30. The van der Waals surface area contributed by atoms with E-state index in [4.69, 9.17) is 10.5 Å². The van der Waals surface area contributed by atoms with Gasteiger partial charge >= 0.3 is 6.09 Å². The van der Waals surface area contributed by atoms with Crippen LogP contribution in [0.15, 0.2) is 48.5 Å². The molecule has 0 aromatic heterocycles. The van der Waals surface area contributed by atoms with E-state index in [1.54, 1.807) is 12.1 Å². The number of carbonyl (C=O) groups is 3. The summed E-state index contributed by atoms with van der Waals surface area (Å²) < 4.78 is 5.11. The van der Waals surface area contributed by atoms with Gasteiger partial charge in [-0.3, -0.25) is 9.59 Å². The van der Waals surface area contributed by atoms with Crippen molar-refractivity contribution in [3.8, 4) is 0 Å². The van der Waals surface area contributed by atoms with Gasteiger partial charge in [0.15, 0.2) is 0 Å². The summed E-state index contributed by atoms with van der Waals surface area (Å²) in [6.45, 7) is 5.18. The monoisotopic (exact) mass is 427 g/mol. The zero-order valence-electron chi connectivity index (χ0n) is 17.9. The Morgan fingerprint density at radius 2 is 1.61 bits per heavy atom. The van der Waals surface area contributed by atoms with E-state index in [0.29, 0.717) is 0 Å². The molecule has 0 radical (unpaired) electrons. The molecule has 8 nitrogen and oxygen atoms in total. The predicted octanol–water partition coefficient (Wildman–Crippen LogP) is 1.49. The molecule has 0 aliphatic rings. The van der Waals surface area contributed by atoms with Crippen LogP contribution in [0.2, 0.25) is 0 Å². The van der Waals surface area contributed by atoms with Crippen LogP contribution in [0.1, 0.15) is 29.2 Å². The Hall–Kier alpha value is -3.39. The topological polar surface area (TPSA) is 131 Å². The standard InChI is InChI=1S/C23H29N3O5/c1-14-8-7-9-15(2)18(14)12-19(21(24)28)25-22(29)20(16(3)27)26-23(30)31-13-17-10-5-4-6-11-17/h4-11,16,19-20,27H,12-13H2,1-3H3,(H2,24,28)(H,25,29)(H,26,30)/t16-,19-,20+/m1/s1. The minimum atomic E-state index is -1.32. The van der Waals surface area contributed by atoms with Crippen molar-refractivity contribution >= 4 is 17.9 Å². The van der Waals surface area contributed by atoms with E-state index in [-0.39, 0.29) is 13.0 Å². The number of hydrogen-bond acceptors (Lipinski definition) is 5. The average Bonchev–Trinajstić information content (AvgIpc) is 2.72. The first-order valence-corrected chi connectivity index (χ1v) is 9.99. The number of aryl methyl sites for hydroxylation is 2. The lowest BCUT2D eigenvalue weighted by molar-refractivity contribution is -0.130. The minimum Gasteiger partial charge on any atom is -0.445 e. The van der Waals surface area contributed by atoms with Crippen molar-refractivity contribution in [1.29, 1.82) is 0 Å². The molecule has 2 aromatic rings. The van der Waals surface area contributed by atoms with Gasteiger partial charge in [0, 0.05) is 6.42 Å². The van der Waals surface area contributed by atoms with Crippen molar-refractivity contribution in [3.05, 3.63) is 70.8 Å². The number of carbonyl (C=O) groups excluding carboxylic acids is 3. The zero-order chi connectivity index (χ0) is 23.0. The van der Waals surface area contributed by atoms with Crippen LogP contribution in [0.25, 0.3) is 0 Å². The first kappa shape index (κ1) is 23.9. The number of ether oxygens (including phenoxy) is 1. The number of aliphatic hydroxyl groups is 1. The van der Waals surface area contributed by atoms with Gasteiger partial charge in [0.1, 0.15) is 18.7 Å². The fourth-order valence-corrected chi connectivity index (χ4v) is 3.16. The van der Waals surface area contributed by atoms with Crippen LogP contribution >= 0.6 is 0 Å². The SMILES string of the molecule is Cc1cccc(C)c1C[C@@H](NC(=O)[C@@H](NC(=O)OCc1ccccc1)[C@@H](C)O)C(N)=O. The Morgan fingerprint density at radius 1 is 1.00 bits per heavy atom. The number of primary amides is 1. The molecule has 0 fully saturated rings. The maximum Gasteiger partial charge on any atom is 0.408 e. The maximum atomic E-state index is 12.7. The van der Waals surface area contributed by atoms with Crippen LogP contribution in [-0.2, 0) is 27.4 Å². The van der Waals surface area contributed by atoms with Crippen molar-refractivity contribution in [3.63, 3.8) is 0 Å². The maximum absolute atomic E-state index is 12.7. The number of rotatable bonds is 9. The summed E-state index contributed by atoms with van der Waals surface area (Å²) >= 11 is 0. The highest BCUT2D eigenvalue weighted by molar-refractivity contribution is 5.91. The number of aliphatic hydroxyl groups excluding tert-OH is 1. The van der Waals surface area contributed by atoms with Gasteiger partial charge in [0.2, 0.25) is 11.8 Å². The van der Waals surface area contributed by atoms with Gasteiger partial charge in [-0.25, -0.2) is 4.79 Å². The Bertz CT molecular complexity index is 894. The summed E-state index contributed by atoms with van der Waals surface area (Å²) in [6, 6.07) is 12.4. The first-order valence-electron chi connectivity index (χ1n) is 9.99. The smallest absolute Gasteiger partial charge is 0.408 e. The molecule has 3 atom stereocenters. The lowest BCUT2D eigenvalue weighted by Gasteiger charge is -2.24. The van der Waals surface area contributed by atoms with Gasteiger partial charge in [0.25, 0.3) is 0 Å². The predicted molar refractivity (Wildman–Crippen MR) is 116 cm³/mol. The number of amides is 3. The average molecular weight is 428 g/mol. The first-order chi connectivity index (χ1) is 14.7. The molecule has 0 heterocycles. The van der Waals surface area contributed by atoms with Gasteiger partial charge in [-0.05, 0) is 43.0 Å². The van der Waals surface area contributed by atoms with Gasteiger partial charge in [-0.1, -0.05) is 48.5 Å². The third kappa shape index (κ3) is 7.11. The summed E-state index contributed by atoms with van der Waals surface area (Å²) in [5.41, 5.74) is 9.10. The van der Waals surface area contributed by atoms with Crippen LogP contribution in [0.5, 0.6) is 0 Å². The van der Waals surface area contributed by atoms with Crippen molar-refractivity contribution < 1.29 is 24.2 Å². The molecule has 3 amide bonds. The van der Waals surface area contributed by atoms with Gasteiger partial charge in [0.05, 0.1) is 6.10 Å². The van der Waals surface area contributed by atoms with Crippen LogP contribution < -0.4 is 16.4 Å². The number of benzene rings is 2. The quantitative estimate of drug-likeness (QED) is 0.482. The number of hydrogen-bond donors (Lipinski definition) is 4. The molecule has 0 spiro atoms. The summed E-state index contributed by atoms with van der Waals surface area (Å²) in [5, 5.41) is 14.9. The van der Waals surface area contributed by atoms with Crippen LogP contribution in [0.4, 0.5) is 4.79 Å². The molecule has 8 heteroatoms. The lowest BCUT2D eigenvalue weighted by Crippen LogP contribution is -2.57. The molecule has 0 unspecified atom stereocenters. The highest BCUT2D eigenvalue weighted by Crippen LogP contribution is 2.15. The molecule has 0 aliphatic heterocycles. The summed E-state index contributed by atoms with van der Waals surface area (Å²) in [7, 11) is 0. The van der Waals surface area contributed by atoms with E-state index in [1.807, 2.05) is 50.2 Å². The van der Waals surface area contributed by atoms with E-state index in [0.717, 1.165) is 22.3 Å². The largest absolute Gasteiger partial charge is 0.445 e. The molecule has 31 heavy (non-hydrogen) atoms. The molecule has 2 rings (SSSR count). The number of alkyl carbamates (subject to hydrolysis) is 1. The zero-order valence-corrected chi connectivity index (χ0v) is 17.9. The summed E-state index contributed by atoms with van der Waals surface area (Å²) in [4.78, 5) is 36.8.